The second-order valence-corrected chi connectivity index (χ2v) is 6.22. The van der Waals surface area contributed by atoms with Crippen molar-refractivity contribution in [2.75, 3.05) is 32.2 Å². The van der Waals surface area contributed by atoms with Gasteiger partial charge in [0, 0.05) is 31.4 Å². The highest BCUT2D eigenvalue weighted by Gasteiger charge is 2.18. The van der Waals surface area contributed by atoms with Crippen LogP contribution in [0.4, 0.5) is 5.95 Å². The van der Waals surface area contributed by atoms with Crippen LogP contribution in [0, 0.1) is 6.92 Å². The maximum absolute atomic E-state index is 12.5. The molecule has 0 aliphatic carbocycles. The quantitative estimate of drug-likeness (QED) is 0.856. The fourth-order valence-corrected chi connectivity index (χ4v) is 3.04. The van der Waals surface area contributed by atoms with E-state index < -0.39 is 0 Å². The number of hydrogen-bond acceptors (Lipinski definition) is 6. The predicted molar refractivity (Wildman–Crippen MR) is 98.9 cm³/mol. The highest BCUT2D eigenvalue weighted by Crippen LogP contribution is 2.24. The van der Waals surface area contributed by atoms with Gasteiger partial charge in [-0.25, -0.2) is 9.97 Å². The highest BCUT2D eigenvalue weighted by atomic mass is 16.5. The summed E-state index contributed by atoms with van der Waals surface area (Å²) in [5, 5.41) is 2.90. The molecule has 1 aromatic heterocycles. The summed E-state index contributed by atoms with van der Waals surface area (Å²) in [6.07, 6.45) is 3.92. The van der Waals surface area contributed by atoms with Crippen molar-refractivity contribution in [3.63, 3.8) is 0 Å². The van der Waals surface area contributed by atoms with Crippen LogP contribution in [0.5, 0.6) is 11.5 Å². The van der Waals surface area contributed by atoms with Gasteiger partial charge in [0.15, 0.2) is 0 Å². The molecule has 3 rings (SSSR count). The lowest BCUT2D eigenvalue weighted by Gasteiger charge is -2.16. The van der Waals surface area contributed by atoms with Crippen LogP contribution in [0.15, 0.2) is 24.4 Å². The number of aromatic nitrogens is 2. The van der Waals surface area contributed by atoms with Crippen LogP contribution in [0.25, 0.3) is 0 Å². The SMILES string of the molecule is COc1ccc(OC)c(CNC(=O)c2cnc(N3CCCC3)nc2C)c1. The maximum atomic E-state index is 12.5. The molecule has 1 N–H and O–H groups in total. The summed E-state index contributed by atoms with van der Waals surface area (Å²) in [5.74, 6) is 1.90. The largest absolute Gasteiger partial charge is 0.497 e. The van der Waals surface area contributed by atoms with E-state index in [9.17, 15) is 4.79 Å². The predicted octanol–water partition coefficient (Wildman–Crippen LogP) is 2.33. The molecule has 1 fully saturated rings. The summed E-state index contributed by atoms with van der Waals surface area (Å²) in [5.41, 5.74) is 2.00. The zero-order valence-electron chi connectivity index (χ0n) is 15.4. The molecule has 0 unspecified atom stereocenters. The minimum Gasteiger partial charge on any atom is -0.497 e. The van der Waals surface area contributed by atoms with Crippen molar-refractivity contribution in [3.05, 3.63) is 41.2 Å². The summed E-state index contributed by atoms with van der Waals surface area (Å²) < 4.78 is 10.6. The monoisotopic (exact) mass is 356 g/mol. The van der Waals surface area contributed by atoms with Crippen LogP contribution in [0.1, 0.15) is 34.5 Å². The topological polar surface area (TPSA) is 76.6 Å². The number of anilines is 1. The van der Waals surface area contributed by atoms with Crippen molar-refractivity contribution in [1.29, 1.82) is 0 Å². The van der Waals surface area contributed by atoms with Crippen molar-refractivity contribution in [2.45, 2.75) is 26.3 Å². The third kappa shape index (κ3) is 3.87. The Kier molecular flexibility index (Phi) is 5.55. The second kappa shape index (κ2) is 8.03. The second-order valence-electron chi connectivity index (χ2n) is 6.22. The first-order chi connectivity index (χ1) is 12.6. The summed E-state index contributed by atoms with van der Waals surface area (Å²) in [4.78, 5) is 23.6. The van der Waals surface area contributed by atoms with E-state index in [0.29, 0.717) is 35.2 Å². The fourth-order valence-electron chi connectivity index (χ4n) is 3.04. The lowest BCUT2D eigenvalue weighted by molar-refractivity contribution is 0.0949. The molecule has 7 nitrogen and oxygen atoms in total. The molecule has 2 heterocycles. The van der Waals surface area contributed by atoms with Crippen LogP contribution in [-0.2, 0) is 6.54 Å². The maximum Gasteiger partial charge on any atom is 0.254 e. The number of carbonyl (C=O) groups excluding carboxylic acids is 1. The molecular formula is C19H24N4O3. The smallest absolute Gasteiger partial charge is 0.254 e. The van der Waals surface area contributed by atoms with E-state index in [1.54, 1.807) is 20.4 Å². The normalized spacial score (nSPS) is 13.6. The molecular weight excluding hydrogens is 332 g/mol. The van der Waals surface area contributed by atoms with Gasteiger partial charge in [-0.1, -0.05) is 0 Å². The van der Waals surface area contributed by atoms with Crippen LogP contribution in [-0.4, -0.2) is 43.2 Å². The van der Waals surface area contributed by atoms with Crippen molar-refractivity contribution in [2.24, 2.45) is 0 Å². The van der Waals surface area contributed by atoms with E-state index in [-0.39, 0.29) is 5.91 Å². The van der Waals surface area contributed by atoms with Gasteiger partial charge in [-0.3, -0.25) is 4.79 Å². The standard InChI is InChI=1S/C19H24N4O3/c1-13-16(12-21-19(22-13)23-8-4-5-9-23)18(24)20-11-14-10-15(25-2)6-7-17(14)26-3/h6-7,10,12H,4-5,8-9,11H2,1-3H3,(H,20,24). The number of nitrogens with zero attached hydrogens (tertiary/aromatic N) is 3. The van der Waals surface area contributed by atoms with Gasteiger partial charge in [0.05, 0.1) is 25.5 Å². The fraction of sp³-hybridized carbons (Fsp3) is 0.421. The zero-order chi connectivity index (χ0) is 18.5. The Morgan fingerprint density at radius 3 is 2.65 bits per heavy atom. The Morgan fingerprint density at radius 1 is 1.23 bits per heavy atom. The van der Waals surface area contributed by atoms with Gasteiger partial charge in [0.25, 0.3) is 5.91 Å². The Labute approximate surface area is 153 Å². The first-order valence-electron chi connectivity index (χ1n) is 8.70. The van der Waals surface area contributed by atoms with Crippen LogP contribution in [0.3, 0.4) is 0 Å². The Bertz CT molecular complexity index is 788. The average Bonchev–Trinajstić information content (AvgIpc) is 3.20. The van der Waals surface area contributed by atoms with Gasteiger partial charge in [0.2, 0.25) is 5.95 Å². The van der Waals surface area contributed by atoms with Gasteiger partial charge in [0.1, 0.15) is 11.5 Å². The van der Waals surface area contributed by atoms with Crippen LogP contribution < -0.4 is 19.7 Å². The molecule has 1 saturated heterocycles. The summed E-state index contributed by atoms with van der Waals surface area (Å²) >= 11 is 0. The molecule has 1 aliphatic heterocycles. The van der Waals surface area contributed by atoms with E-state index >= 15 is 0 Å². The van der Waals surface area contributed by atoms with E-state index in [0.717, 1.165) is 31.5 Å². The van der Waals surface area contributed by atoms with Crippen molar-refractivity contribution in [1.82, 2.24) is 15.3 Å². The number of ether oxygens (including phenoxy) is 2. The molecule has 0 spiro atoms. The summed E-state index contributed by atoms with van der Waals surface area (Å²) in [6.45, 7) is 4.11. The number of hydrogen-bond donors (Lipinski definition) is 1. The highest BCUT2D eigenvalue weighted by molar-refractivity contribution is 5.95. The molecule has 1 aliphatic rings. The third-order valence-corrected chi connectivity index (χ3v) is 4.53. The first-order valence-corrected chi connectivity index (χ1v) is 8.70. The molecule has 0 bridgehead atoms. The number of benzene rings is 1. The molecule has 0 saturated carbocycles. The van der Waals surface area contributed by atoms with Crippen molar-refractivity contribution in [3.8, 4) is 11.5 Å². The minimum absolute atomic E-state index is 0.208. The van der Waals surface area contributed by atoms with E-state index in [4.69, 9.17) is 9.47 Å². The Morgan fingerprint density at radius 2 is 2.00 bits per heavy atom. The third-order valence-electron chi connectivity index (χ3n) is 4.53. The molecule has 26 heavy (non-hydrogen) atoms. The average molecular weight is 356 g/mol. The lowest BCUT2D eigenvalue weighted by Crippen LogP contribution is -2.26. The Balaban J connectivity index is 1.70. The van der Waals surface area contributed by atoms with Gasteiger partial charge in [-0.15, -0.1) is 0 Å². The molecule has 2 aromatic rings. The summed E-state index contributed by atoms with van der Waals surface area (Å²) in [7, 11) is 3.20. The molecule has 0 atom stereocenters. The van der Waals surface area contributed by atoms with Crippen molar-refractivity contribution < 1.29 is 14.3 Å². The first kappa shape index (κ1) is 18.0. The van der Waals surface area contributed by atoms with E-state index in [1.807, 2.05) is 25.1 Å². The molecule has 1 aromatic carbocycles. The Hall–Kier alpha value is -2.83. The number of methoxy groups -OCH3 is 2. The van der Waals surface area contributed by atoms with E-state index in [2.05, 4.69) is 20.2 Å². The number of aryl methyl sites for hydroxylation is 1. The van der Waals surface area contributed by atoms with Gasteiger partial charge < -0.3 is 19.7 Å². The number of nitrogens with one attached hydrogen (secondary N) is 1. The molecule has 0 radical (unpaired) electrons. The van der Waals surface area contributed by atoms with E-state index in [1.165, 1.54) is 0 Å². The van der Waals surface area contributed by atoms with Gasteiger partial charge in [-0.05, 0) is 38.0 Å². The number of rotatable bonds is 6. The van der Waals surface area contributed by atoms with Crippen LogP contribution >= 0.6 is 0 Å². The molecule has 138 valence electrons. The number of carbonyl (C=O) groups is 1. The minimum atomic E-state index is -0.208. The zero-order valence-corrected chi connectivity index (χ0v) is 15.4. The lowest BCUT2D eigenvalue weighted by atomic mass is 10.1. The van der Waals surface area contributed by atoms with Crippen LogP contribution in [0.2, 0.25) is 0 Å². The molecule has 7 heteroatoms. The number of amides is 1. The summed E-state index contributed by atoms with van der Waals surface area (Å²) in [6, 6.07) is 5.48. The van der Waals surface area contributed by atoms with Gasteiger partial charge >= 0.3 is 0 Å². The van der Waals surface area contributed by atoms with Crippen molar-refractivity contribution >= 4 is 11.9 Å². The molecule has 1 amide bonds. The van der Waals surface area contributed by atoms with Gasteiger partial charge in [-0.2, -0.15) is 0 Å².